The number of hydrogen-bond donors (Lipinski definition) is 1. The lowest BCUT2D eigenvalue weighted by molar-refractivity contribution is 0.210. The van der Waals surface area contributed by atoms with Gasteiger partial charge in [-0.3, -0.25) is 4.98 Å². The molecule has 2 nitrogen and oxygen atoms in total. The van der Waals surface area contributed by atoms with E-state index in [9.17, 15) is 5.11 Å². The number of thiophene rings is 1. The van der Waals surface area contributed by atoms with Crippen LogP contribution in [0.15, 0.2) is 65.1 Å². The van der Waals surface area contributed by atoms with E-state index in [2.05, 4.69) is 21.8 Å². The lowest BCUT2D eigenvalue weighted by Crippen LogP contribution is -2.11. The molecule has 0 amide bonds. The number of nitrogens with zero attached hydrogens (tertiary/aromatic N) is 1. The van der Waals surface area contributed by atoms with E-state index in [1.165, 1.54) is 0 Å². The predicted octanol–water partition coefficient (Wildman–Crippen LogP) is 6.43. The first-order valence-corrected chi connectivity index (χ1v) is 10.8. The van der Waals surface area contributed by atoms with Gasteiger partial charge in [0.15, 0.2) is 0 Å². The predicted molar refractivity (Wildman–Crippen MR) is 112 cm³/mol. The molecule has 26 heavy (non-hydrogen) atoms. The Balaban J connectivity index is 1.84. The fourth-order valence-corrected chi connectivity index (χ4v) is 5.88. The van der Waals surface area contributed by atoms with Crippen LogP contribution in [0.25, 0.3) is 4.91 Å². The van der Waals surface area contributed by atoms with Gasteiger partial charge < -0.3 is 5.11 Å². The van der Waals surface area contributed by atoms with Gasteiger partial charge in [-0.15, -0.1) is 11.8 Å². The molecule has 0 saturated heterocycles. The number of hydrogen-bond acceptors (Lipinski definition) is 4. The van der Waals surface area contributed by atoms with Gasteiger partial charge in [0.05, 0.1) is 0 Å². The molecule has 1 aliphatic rings. The minimum atomic E-state index is -0.731. The summed E-state index contributed by atoms with van der Waals surface area (Å²) >= 11 is 16.0. The van der Waals surface area contributed by atoms with Gasteiger partial charge in [-0.25, -0.2) is 0 Å². The van der Waals surface area contributed by atoms with Crippen LogP contribution < -0.4 is 0 Å². The van der Waals surface area contributed by atoms with Gasteiger partial charge in [0.1, 0.15) is 6.10 Å². The van der Waals surface area contributed by atoms with Crippen molar-refractivity contribution < 1.29 is 5.11 Å². The number of rotatable bonds is 4. The Morgan fingerprint density at radius 3 is 2.77 bits per heavy atom. The van der Waals surface area contributed by atoms with E-state index < -0.39 is 6.10 Å². The minimum absolute atomic E-state index is 0.0230. The molecule has 0 spiro atoms. The Morgan fingerprint density at radius 1 is 1.19 bits per heavy atom. The summed E-state index contributed by atoms with van der Waals surface area (Å²) in [6, 6.07) is 11.4. The van der Waals surface area contributed by atoms with E-state index in [4.69, 9.17) is 23.2 Å². The summed E-state index contributed by atoms with van der Waals surface area (Å²) in [6.07, 6.45) is 2.69. The van der Waals surface area contributed by atoms with Gasteiger partial charge in [0.2, 0.25) is 0 Å². The van der Waals surface area contributed by atoms with E-state index in [0.29, 0.717) is 10.0 Å². The number of thioether (sulfide) groups is 1. The zero-order valence-electron chi connectivity index (χ0n) is 13.6. The Bertz CT molecular complexity index is 942. The summed E-state index contributed by atoms with van der Waals surface area (Å²) in [5.74, 6) is 0.856. The lowest BCUT2D eigenvalue weighted by Gasteiger charge is -2.22. The molecule has 2 unspecified atom stereocenters. The molecule has 3 heterocycles. The van der Waals surface area contributed by atoms with Crippen LogP contribution in [-0.4, -0.2) is 15.8 Å². The molecule has 1 aliphatic heterocycles. The van der Waals surface area contributed by atoms with Gasteiger partial charge in [0.25, 0.3) is 0 Å². The van der Waals surface area contributed by atoms with Crippen LogP contribution in [0.1, 0.15) is 28.7 Å². The Kier molecular flexibility index (Phi) is 5.39. The highest BCUT2D eigenvalue weighted by Crippen LogP contribution is 2.52. The maximum atomic E-state index is 11.2. The molecule has 2 atom stereocenters. The first-order chi connectivity index (χ1) is 12.6. The summed E-state index contributed by atoms with van der Waals surface area (Å²) in [5.41, 5.74) is 3.90. The van der Waals surface area contributed by atoms with Crippen molar-refractivity contribution in [1.82, 2.24) is 4.98 Å². The van der Waals surface area contributed by atoms with Gasteiger partial charge in [-0.2, -0.15) is 11.3 Å². The molecule has 0 bridgehead atoms. The Morgan fingerprint density at radius 2 is 2.08 bits per heavy atom. The Hall–Kier alpha value is -1.30. The van der Waals surface area contributed by atoms with E-state index in [-0.39, 0.29) is 5.92 Å². The van der Waals surface area contributed by atoms with Crippen LogP contribution in [0.5, 0.6) is 0 Å². The summed E-state index contributed by atoms with van der Waals surface area (Å²) in [6.45, 7) is 0. The molecule has 132 valence electrons. The van der Waals surface area contributed by atoms with Gasteiger partial charge >= 0.3 is 0 Å². The first-order valence-electron chi connectivity index (χ1n) is 8.07. The van der Waals surface area contributed by atoms with E-state index >= 15 is 0 Å². The van der Waals surface area contributed by atoms with Crippen molar-refractivity contribution in [2.45, 2.75) is 12.0 Å². The fourth-order valence-electron chi connectivity index (χ4n) is 3.22. The van der Waals surface area contributed by atoms with Crippen LogP contribution in [0.4, 0.5) is 0 Å². The second-order valence-corrected chi connectivity index (χ2v) is 8.67. The number of aliphatic hydroxyl groups excluding tert-OH is 1. The third-order valence-corrected chi connectivity index (χ3v) is 6.95. The van der Waals surface area contributed by atoms with Gasteiger partial charge in [-0.05, 0) is 51.7 Å². The van der Waals surface area contributed by atoms with E-state index in [0.717, 1.165) is 32.9 Å². The molecular formula is C20H15Cl2NOS2. The number of aromatic nitrogens is 1. The molecule has 1 aromatic carbocycles. The highest BCUT2D eigenvalue weighted by molar-refractivity contribution is 8.08. The van der Waals surface area contributed by atoms with Crippen LogP contribution in [0, 0.1) is 0 Å². The average molecular weight is 420 g/mol. The Labute approximate surface area is 170 Å². The highest BCUT2D eigenvalue weighted by Gasteiger charge is 2.34. The van der Waals surface area contributed by atoms with E-state index in [1.807, 2.05) is 24.3 Å². The van der Waals surface area contributed by atoms with E-state index in [1.54, 1.807) is 41.6 Å². The minimum Gasteiger partial charge on any atom is -0.384 e. The smallest absolute Gasteiger partial charge is 0.104 e. The largest absolute Gasteiger partial charge is 0.384 e. The topological polar surface area (TPSA) is 33.1 Å². The van der Waals surface area contributed by atoms with Crippen molar-refractivity contribution >= 4 is 51.2 Å². The molecule has 2 aromatic heterocycles. The van der Waals surface area contributed by atoms with Crippen LogP contribution >= 0.6 is 46.3 Å². The monoisotopic (exact) mass is 419 g/mol. The summed E-state index contributed by atoms with van der Waals surface area (Å²) < 4.78 is 0. The number of aliphatic hydroxyl groups is 1. The van der Waals surface area contributed by atoms with Crippen LogP contribution in [-0.2, 0) is 0 Å². The lowest BCUT2D eigenvalue weighted by atomic mass is 9.86. The molecule has 0 saturated carbocycles. The standard InChI is InChI=1S/C20H15Cl2NOS2/c21-14-3-4-15(17(22)8-14)16-11-26-20(13-5-7-25-10-13)18(16)19(24)12-2-1-6-23-9-12/h1-10,16,19,24H,11H2. The summed E-state index contributed by atoms with van der Waals surface area (Å²) in [4.78, 5) is 5.28. The van der Waals surface area contributed by atoms with Crippen molar-refractivity contribution in [2.75, 3.05) is 5.75 Å². The second kappa shape index (κ2) is 7.75. The van der Waals surface area contributed by atoms with Crippen LogP contribution in [0.2, 0.25) is 10.0 Å². The van der Waals surface area contributed by atoms with Gasteiger partial charge in [0, 0.05) is 44.6 Å². The molecule has 1 N–H and O–H groups in total. The number of benzene rings is 1. The SMILES string of the molecule is OC(C1=C(c2ccsc2)SCC1c1ccc(Cl)cc1Cl)c1cccnc1. The maximum absolute atomic E-state index is 11.2. The van der Waals surface area contributed by atoms with Gasteiger partial charge in [-0.1, -0.05) is 35.3 Å². The highest BCUT2D eigenvalue weighted by atomic mass is 35.5. The summed E-state index contributed by atoms with van der Waals surface area (Å²) in [5, 5.41) is 16.6. The van der Waals surface area contributed by atoms with Crippen molar-refractivity contribution in [1.29, 1.82) is 0 Å². The molecule has 6 heteroatoms. The second-order valence-electron chi connectivity index (χ2n) is 6.01. The molecule has 0 fully saturated rings. The molecule has 0 aliphatic carbocycles. The third-order valence-electron chi connectivity index (χ3n) is 4.45. The number of halogens is 2. The van der Waals surface area contributed by atoms with Crippen molar-refractivity contribution in [2.24, 2.45) is 0 Å². The van der Waals surface area contributed by atoms with Crippen molar-refractivity contribution in [3.8, 4) is 0 Å². The zero-order valence-corrected chi connectivity index (χ0v) is 16.7. The molecular weight excluding hydrogens is 405 g/mol. The third kappa shape index (κ3) is 3.45. The molecule has 0 radical (unpaired) electrons. The average Bonchev–Trinajstić information content (AvgIpc) is 3.31. The zero-order chi connectivity index (χ0) is 18.1. The maximum Gasteiger partial charge on any atom is 0.104 e. The quantitative estimate of drug-likeness (QED) is 0.528. The summed E-state index contributed by atoms with van der Waals surface area (Å²) in [7, 11) is 0. The molecule has 4 rings (SSSR count). The normalized spacial score (nSPS) is 18.3. The van der Waals surface area contributed by atoms with Crippen molar-refractivity contribution in [3.63, 3.8) is 0 Å². The molecule has 3 aromatic rings. The fraction of sp³-hybridized carbons (Fsp3) is 0.150. The first kappa shape index (κ1) is 18.1. The number of pyridine rings is 1. The van der Waals surface area contributed by atoms with Crippen LogP contribution in [0.3, 0.4) is 0 Å². The van der Waals surface area contributed by atoms with Crippen molar-refractivity contribution in [3.05, 3.63) is 91.9 Å².